The molecular formula is C14H28N2O. The Morgan fingerprint density at radius 1 is 1.24 bits per heavy atom. The van der Waals surface area contributed by atoms with Gasteiger partial charge in [-0.2, -0.15) is 0 Å². The molecule has 3 nitrogen and oxygen atoms in total. The summed E-state index contributed by atoms with van der Waals surface area (Å²) in [5, 5.41) is 3.32. The van der Waals surface area contributed by atoms with Gasteiger partial charge in [0.05, 0.1) is 11.2 Å². The molecule has 0 aromatic heterocycles. The molecule has 1 heterocycles. The summed E-state index contributed by atoms with van der Waals surface area (Å²) in [6.07, 6.45) is 0. The number of nitrogens with one attached hydrogen (secondary N) is 1. The van der Waals surface area contributed by atoms with Crippen LogP contribution in [0.1, 0.15) is 34.6 Å². The van der Waals surface area contributed by atoms with Crippen molar-refractivity contribution in [2.45, 2.75) is 45.8 Å². The van der Waals surface area contributed by atoms with Gasteiger partial charge in [-0.05, 0) is 39.8 Å². The van der Waals surface area contributed by atoms with Crippen molar-refractivity contribution in [3.63, 3.8) is 0 Å². The number of likely N-dealkylation sites (N-methyl/N-ethyl adjacent to an activating group) is 1. The van der Waals surface area contributed by atoms with Crippen molar-refractivity contribution in [2.24, 2.45) is 0 Å². The highest BCUT2D eigenvalue weighted by Gasteiger charge is 2.37. The quantitative estimate of drug-likeness (QED) is 0.744. The van der Waals surface area contributed by atoms with E-state index in [1.165, 1.54) is 5.57 Å². The molecule has 1 saturated heterocycles. The predicted molar refractivity (Wildman–Crippen MR) is 73.4 cm³/mol. The third-order valence-electron chi connectivity index (χ3n) is 2.83. The Morgan fingerprint density at radius 2 is 1.76 bits per heavy atom. The zero-order chi connectivity index (χ0) is 13.1. The van der Waals surface area contributed by atoms with Crippen molar-refractivity contribution in [3.8, 4) is 0 Å². The summed E-state index contributed by atoms with van der Waals surface area (Å²) in [4.78, 5) is 2.45. The summed E-state index contributed by atoms with van der Waals surface area (Å²) in [6.45, 7) is 19.7. The van der Waals surface area contributed by atoms with Crippen LogP contribution in [0.4, 0.5) is 0 Å². The minimum Gasteiger partial charge on any atom is -0.367 e. The van der Waals surface area contributed by atoms with Gasteiger partial charge in [0.1, 0.15) is 0 Å². The van der Waals surface area contributed by atoms with Crippen molar-refractivity contribution < 1.29 is 4.74 Å². The second-order valence-corrected chi connectivity index (χ2v) is 6.30. The van der Waals surface area contributed by atoms with E-state index in [2.05, 4.69) is 51.4 Å². The van der Waals surface area contributed by atoms with E-state index in [4.69, 9.17) is 4.74 Å². The highest BCUT2D eigenvalue weighted by Crippen LogP contribution is 2.28. The van der Waals surface area contributed by atoms with Crippen LogP contribution in [0.2, 0.25) is 0 Å². The Morgan fingerprint density at radius 3 is 2.24 bits per heavy atom. The second-order valence-electron chi connectivity index (χ2n) is 6.30. The van der Waals surface area contributed by atoms with Crippen LogP contribution in [0.3, 0.4) is 0 Å². The fourth-order valence-corrected chi connectivity index (χ4v) is 2.73. The molecule has 1 rings (SSSR count). The molecule has 100 valence electrons. The number of hydrogen-bond donors (Lipinski definition) is 1. The molecule has 1 N–H and O–H groups in total. The minimum atomic E-state index is -0.0692. The molecule has 0 spiro atoms. The van der Waals surface area contributed by atoms with Crippen molar-refractivity contribution in [1.82, 2.24) is 10.2 Å². The SMILES string of the molecule is C=C(CNCC)CN1CC(C)(C)OC(C)(C)C1. The maximum absolute atomic E-state index is 6.07. The normalized spacial score (nSPS) is 23.6. The lowest BCUT2D eigenvalue weighted by Gasteiger charge is -2.47. The molecule has 0 saturated carbocycles. The van der Waals surface area contributed by atoms with Crippen molar-refractivity contribution in [1.29, 1.82) is 0 Å². The first-order chi connectivity index (χ1) is 7.74. The van der Waals surface area contributed by atoms with Gasteiger partial charge in [0.2, 0.25) is 0 Å². The summed E-state index contributed by atoms with van der Waals surface area (Å²) in [7, 11) is 0. The highest BCUT2D eigenvalue weighted by molar-refractivity contribution is 5.02. The standard InChI is InChI=1S/C14H28N2O/c1-7-15-8-12(2)9-16-10-13(3,4)17-14(5,6)11-16/h15H,2,7-11H2,1,3-6H3. The summed E-state index contributed by atoms with van der Waals surface area (Å²) in [5.74, 6) is 0. The van der Waals surface area contributed by atoms with Crippen LogP contribution < -0.4 is 5.32 Å². The average Bonchev–Trinajstić information content (AvgIpc) is 2.09. The molecule has 17 heavy (non-hydrogen) atoms. The molecule has 0 bridgehead atoms. The molecule has 1 aliphatic rings. The molecule has 0 atom stereocenters. The van der Waals surface area contributed by atoms with Crippen LogP contribution >= 0.6 is 0 Å². The molecule has 1 fully saturated rings. The maximum Gasteiger partial charge on any atom is 0.0760 e. The lowest BCUT2D eigenvalue weighted by atomic mass is 9.98. The Balaban J connectivity index is 2.51. The smallest absolute Gasteiger partial charge is 0.0760 e. The molecule has 3 heteroatoms. The van der Waals surface area contributed by atoms with Crippen LogP contribution in [0.25, 0.3) is 0 Å². The molecule has 1 aliphatic heterocycles. The van der Waals surface area contributed by atoms with E-state index in [-0.39, 0.29) is 11.2 Å². The van der Waals surface area contributed by atoms with Crippen molar-refractivity contribution in [2.75, 3.05) is 32.7 Å². The van der Waals surface area contributed by atoms with Gasteiger partial charge >= 0.3 is 0 Å². The van der Waals surface area contributed by atoms with Crippen LogP contribution in [0.15, 0.2) is 12.2 Å². The zero-order valence-corrected chi connectivity index (χ0v) is 12.1. The van der Waals surface area contributed by atoms with Gasteiger partial charge in [-0.25, -0.2) is 0 Å². The van der Waals surface area contributed by atoms with Gasteiger partial charge < -0.3 is 10.1 Å². The Hall–Kier alpha value is -0.380. The third-order valence-corrected chi connectivity index (χ3v) is 2.83. The second kappa shape index (κ2) is 5.51. The highest BCUT2D eigenvalue weighted by atomic mass is 16.5. The number of ether oxygens (including phenoxy) is 1. The Kier molecular flexibility index (Phi) is 4.76. The Labute approximate surface area is 106 Å². The lowest BCUT2D eigenvalue weighted by Crippen LogP contribution is -2.57. The molecule has 0 aromatic rings. The molecular weight excluding hydrogens is 212 g/mol. The minimum absolute atomic E-state index is 0.0692. The lowest BCUT2D eigenvalue weighted by molar-refractivity contribution is -0.178. The zero-order valence-electron chi connectivity index (χ0n) is 12.1. The third kappa shape index (κ3) is 5.19. The van der Waals surface area contributed by atoms with E-state index in [1.54, 1.807) is 0 Å². The van der Waals surface area contributed by atoms with Gasteiger partial charge in [-0.3, -0.25) is 4.90 Å². The molecule has 0 amide bonds. The monoisotopic (exact) mass is 240 g/mol. The van der Waals surface area contributed by atoms with Gasteiger partial charge in [0, 0.05) is 26.2 Å². The van der Waals surface area contributed by atoms with Crippen molar-refractivity contribution >= 4 is 0 Å². The Bertz CT molecular complexity index is 255. The predicted octanol–water partition coefficient (Wildman–Crippen LogP) is 2.04. The largest absolute Gasteiger partial charge is 0.367 e. The summed E-state index contributed by atoms with van der Waals surface area (Å²) < 4.78 is 6.07. The molecule has 0 unspecified atom stereocenters. The summed E-state index contributed by atoms with van der Waals surface area (Å²) in [6, 6.07) is 0. The van der Waals surface area contributed by atoms with E-state index in [0.29, 0.717) is 0 Å². The first kappa shape index (κ1) is 14.7. The fourth-order valence-electron chi connectivity index (χ4n) is 2.73. The van der Waals surface area contributed by atoms with E-state index in [9.17, 15) is 0 Å². The van der Waals surface area contributed by atoms with Crippen LogP contribution in [-0.4, -0.2) is 48.8 Å². The van der Waals surface area contributed by atoms with Gasteiger partial charge in [0.25, 0.3) is 0 Å². The average molecular weight is 240 g/mol. The van der Waals surface area contributed by atoms with E-state index in [1.807, 2.05) is 0 Å². The summed E-state index contributed by atoms with van der Waals surface area (Å²) >= 11 is 0. The van der Waals surface area contributed by atoms with E-state index < -0.39 is 0 Å². The topological polar surface area (TPSA) is 24.5 Å². The fraction of sp³-hybridized carbons (Fsp3) is 0.857. The van der Waals surface area contributed by atoms with Gasteiger partial charge in [0.15, 0.2) is 0 Å². The van der Waals surface area contributed by atoms with Crippen LogP contribution in [0.5, 0.6) is 0 Å². The van der Waals surface area contributed by atoms with Crippen LogP contribution in [0, 0.1) is 0 Å². The maximum atomic E-state index is 6.07. The van der Waals surface area contributed by atoms with Crippen molar-refractivity contribution in [3.05, 3.63) is 12.2 Å². The van der Waals surface area contributed by atoms with E-state index >= 15 is 0 Å². The number of morpholine rings is 1. The van der Waals surface area contributed by atoms with Crippen LogP contribution in [-0.2, 0) is 4.74 Å². The summed E-state index contributed by atoms with van der Waals surface area (Å²) in [5.41, 5.74) is 1.11. The molecule has 0 aliphatic carbocycles. The van der Waals surface area contributed by atoms with Gasteiger partial charge in [-0.1, -0.05) is 13.5 Å². The van der Waals surface area contributed by atoms with E-state index in [0.717, 1.165) is 32.7 Å². The molecule has 0 radical (unpaired) electrons. The molecule has 0 aromatic carbocycles. The van der Waals surface area contributed by atoms with Gasteiger partial charge in [-0.15, -0.1) is 0 Å². The number of hydrogen-bond acceptors (Lipinski definition) is 3. The first-order valence-corrected chi connectivity index (χ1v) is 6.54. The first-order valence-electron chi connectivity index (χ1n) is 6.54. The number of nitrogens with zero attached hydrogens (tertiary/aromatic N) is 1. The number of rotatable bonds is 5.